The molecule has 4 rings (SSSR count). The minimum absolute atomic E-state index is 0. The Labute approximate surface area is 212 Å². The van der Waals surface area contributed by atoms with Gasteiger partial charge in [-0.1, -0.05) is 18.2 Å². The summed E-state index contributed by atoms with van der Waals surface area (Å²) in [4.78, 5) is 18.9. The van der Waals surface area contributed by atoms with Crippen molar-refractivity contribution in [1.29, 1.82) is 0 Å². The molecule has 0 atom stereocenters. The minimum atomic E-state index is -0.0262. The first-order valence-corrected chi connectivity index (χ1v) is 11.3. The minimum Gasteiger partial charge on any atom is -0.454 e. The molecule has 2 aliphatic heterocycles. The van der Waals surface area contributed by atoms with Crippen molar-refractivity contribution < 1.29 is 14.3 Å². The molecule has 2 aromatic carbocycles. The second-order valence-electron chi connectivity index (χ2n) is 7.88. The van der Waals surface area contributed by atoms with Gasteiger partial charge < -0.3 is 30.3 Å². The van der Waals surface area contributed by atoms with Gasteiger partial charge >= 0.3 is 6.03 Å². The first-order valence-electron chi connectivity index (χ1n) is 11.3. The van der Waals surface area contributed by atoms with Crippen LogP contribution in [-0.4, -0.2) is 49.9 Å². The molecule has 2 aromatic rings. The van der Waals surface area contributed by atoms with Gasteiger partial charge in [0.25, 0.3) is 0 Å². The molecule has 1 saturated heterocycles. The Morgan fingerprint density at radius 3 is 2.67 bits per heavy atom. The summed E-state index contributed by atoms with van der Waals surface area (Å²) in [6, 6.07) is 13.9. The Morgan fingerprint density at radius 2 is 1.85 bits per heavy atom. The van der Waals surface area contributed by atoms with Crippen molar-refractivity contribution in [2.45, 2.75) is 32.7 Å². The summed E-state index contributed by atoms with van der Waals surface area (Å²) in [6.07, 6.45) is 3.01. The predicted octanol–water partition coefficient (Wildman–Crippen LogP) is 3.96. The fourth-order valence-electron chi connectivity index (χ4n) is 3.80. The molecular weight excluding hydrogens is 533 g/mol. The molecule has 8 nitrogen and oxygen atoms in total. The number of nitrogens with one attached hydrogen (secondary N) is 3. The largest absolute Gasteiger partial charge is 0.454 e. The van der Waals surface area contributed by atoms with Gasteiger partial charge in [-0.15, -0.1) is 24.0 Å². The molecule has 178 valence electrons. The number of carbonyl (C=O) groups excluding carboxylic acids is 1. The van der Waals surface area contributed by atoms with Crippen molar-refractivity contribution in [3.8, 4) is 11.5 Å². The molecular formula is C24H32IN5O3. The van der Waals surface area contributed by atoms with Gasteiger partial charge in [-0.25, -0.2) is 9.79 Å². The zero-order chi connectivity index (χ0) is 22.2. The SMILES string of the molecule is CCNC(=NCc1cccc(NC(=O)N2CCCC2)c1)NCCc1ccc2c(c1)OCO2.I. The fourth-order valence-corrected chi connectivity index (χ4v) is 3.80. The molecule has 33 heavy (non-hydrogen) atoms. The second kappa shape index (κ2) is 12.5. The van der Waals surface area contributed by atoms with E-state index in [0.29, 0.717) is 6.54 Å². The molecule has 0 spiro atoms. The number of aliphatic imine (C=N–C) groups is 1. The molecule has 0 radical (unpaired) electrons. The maximum absolute atomic E-state index is 12.3. The van der Waals surface area contributed by atoms with Crippen LogP contribution in [0.15, 0.2) is 47.5 Å². The Kier molecular flexibility index (Phi) is 9.47. The van der Waals surface area contributed by atoms with Gasteiger partial charge in [0, 0.05) is 31.9 Å². The Morgan fingerprint density at radius 1 is 1.03 bits per heavy atom. The van der Waals surface area contributed by atoms with E-state index in [4.69, 9.17) is 14.5 Å². The number of fused-ring (bicyclic) bond motifs is 1. The third-order valence-corrected chi connectivity index (χ3v) is 5.48. The molecule has 9 heteroatoms. The van der Waals surface area contributed by atoms with Crippen LogP contribution in [0.4, 0.5) is 10.5 Å². The van der Waals surface area contributed by atoms with Gasteiger partial charge in [0.05, 0.1) is 6.54 Å². The third-order valence-electron chi connectivity index (χ3n) is 5.48. The number of guanidine groups is 1. The zero-order valence-electron chi connectivity index (χ0n) is 18.9. The van der Waals surface area contributed by atoms with Gasteiger partial charge in [0.1, 0.15) is 0 Å². The molecule has 0 unspecified atom stereocenters. The Hall–Kier alpha value is -2.69. The van der Waals surface area contributed by atoms with Gasteiger partial charge in [-0.05, 0) is 61.6 Å². The van der Waals surface area contributed by atoms with Gasteiger partial charge in [0.2, 0.25) is 6.79 Å². The molecule has 2 aliphatic rings. The Balaban J connectivity index is 0.00000306. The standard InChI is InChI=1S/C24H31N5O3.HI/c1-2-25-23(26-11-10-18-8-9-21-22(15-18)32-17-31-21)27-16-19-6-5-7-20(14-19)28-24(30)29-12-3-4-13-29;/h5-9,14-15H,2-4,10-13,16-17H2,1H3,(H,28,30)(H2,25,26,27);1H. The van der Waals surface area contributed by atoms with Gasteiger partial charge in [0.15, 0.2) is 17.5 Å². The van der Waals surface area contributed by atoms with Crippen LogP contribution in [0, 0.1) is 0 Å². The quantitative estimate of drug-likeness (QED) is 0.269. The fraction of sp³-hybridized carbons (Fsp3) is 0.417. The summed E-state index contributed by atoms with van der Waals surface area (Å²) in [5.41, 5.74) is 3.02. The topological polar surface area (TPSA) is 87.2 Å². The molecule has 3 N–H and O–H groups in total. The highest BCUT2D eigenvalue weighted by molar-refractivity contribution is 14.0. The van der Waals surface area contributed by atoms with E-state index in [0.717, 1.165) is 74.2 Å². The number of hydrogen-bond acceptors (Lipinski definition) is 4. The summed E-state index contributed by atoms with van der Waals surface area (Å²) in [7, 11) is 0. The number of benzene rings is 2. The van der Waals surface area contributed by atoms with Crippen molar-refractivity contribution in [1.82, 2.24) is 15.5 Å². The van der Waals surface area contributed by atoms with E-state index in [1.54, 1.807) is 0 Å². The van der Waals surface area contributed by atoms with Crippen LogP contribution in [0.25, 0.3) is 0 Å². The van der Waals surface area contributed by atoms with Crippen molar-refractivity contribution in [2.24, 2.45) is 4.99 Å². The average molecular weight is 565 g/mol. The lowest BCUT2D eigenvalue weighted by Crippen LogP contribution is -2.38. The van der Waals surface area contributed by atoms with E-state index in [9.17, 15) is 4.79 Å². The van der Waals surface area contributed by atoms with Crippen LogP contribution >= 0.6 is 24.0 Å². The van der Waals surface area contributed by atoms with Crippen LogP contribution in [0.2, 0.25) is 0 Å². The molecule has 0 bridgehead atoms. The van der Waals surface area contributed by atoms with E-state index >= 15 is 0 Å². The van der Waals surface area contributed by atoms with Gasteiger partial charge in [-0.3, -0.25) is 0 Å². The van der Waals surface area contributed by atoms with E-state index in [1.807, 2.05) is 48.2 Å². The number of ether oxygens (including phenoxy) is 2. The summed E-state index contributed by atoms with van der Waals surface area (Å²) in [5, 5.41) is 9.66. The first-order chi connectivity index (χ1) is 15.7. The number of carbonyl (C=O) groups is 1. The summed E-state index contributed by atoms with van der Waals surface area (Å²) < 4.78 is 10.8. The van der Waals surface area contributed by atoms with Crippen LogP contribution in [0.5, 0.6) is 11.5 Å². The highest BCUT2D eigenvalue weighted by atomic mass is 127. The van der Waals surface area contributed by atoms with Crippen molar-refractivity contribution in [2.75, 3.05) is 38.3 Å². The maximum atomic E-state index is 12.3. The predicted molar refractivity (Wildman–Crippen MR) is 141 cm³/mol. The highest BCUT2D eigenvalue weighted by Crippen LogP contribution is 2.32. The monoisotopic (exact) mass is 565 g/mol. The number of likely N-dealkylation sites (tertiary alicyclic amines) is 1. The lowest BCUT2D eigenvalue weighted by molar-refractivity contribution is 0.174. The number of nitrogens with zero attached hydrogens (tertiary/aromatic N) is 2. The van der Waals surface area contributed by atoms with Crippen molar-refractivity contribution >= 4 is 41.7 Å². The van der Waals surface area contributed by atoms with E-state index in [2.05, 4.69) is 22.0 Å². The van der Waals surface area contributed by atoms with Crippen LogP contribution in [0.3, 0.4) is 0 Å². The number of urea groups is 1. The molecule has 0 aromatic heterocycles. The van der Waals surface area contributed by atoms with Crippen molar-refractivity contribution in [3.63, 3.8) is 0 Å². The molecule has 0 saturated carbocycles. The summed E-state index contributed by atoms with van der Waals surface area (Å²) in [5.74, 6) is 2.37. The normalized spacial score (nSPS) is 14.6. The number of rotatable bonds is 7. The van der Waals surface area contributed by atoms with Crippen LogP contribution < -0.4 is 25.4 Å². The average Bonchev–Trinajstić information content (AvgIpc) is 3.49. The molecule has 0 aliphatic carbocycles. The van der Waals surface area contributed by atoms with E-state index in [1.165, 1.54) is 5.56 Å². The summed E-state index contributed by atoms with van der Waals surface area (Å²) in [6.45, 7) is 6.05. The van der Waals surface area contributed by atoms with E-state index in [-0.39, 0.29) is 36.8 Å². The number of anilines is 1. The smallest absolute Gasteiger partial charge is 0.321 e. The second-order valence-corrected chi connectivity index (χ2v) is 7.88. The maximum Gasteiger partial charge on any atom is 0.321 e. The molecule has 2 heterocycles. The highest BCUT2D eigenvalue weighted by Gasteiger charge is 2.17. The van der Waals surface area contributed by atoms with Crippen LogP contribution in [-0.2, 0) is 13.0 Å². The lowest BCUT2D eigenvalue weighted by Gasteiger charge is -2.16. The molecule has 1 fully saturated rings. The number of halogens is 1. The van der Waals surface area contributed by atoms with Gasteiger partial charge in [-0.2, -0.15) is 0 Å². The Bertz CT molecular complexity index is 963. The van der Waals surface area contributed by atoms with Crippen LogP contribution in [0.1, 0.15) is 30.9 Å². The van der Waals surface area contributed by atoms with Crippen molar-refractivity contribution in [3.05, 3.63) is 53.6 Å². The third kappa shape index (κ3) is 7.15. The lowest BCUT2D eigenvalue weighted by atomic mass is 10.1. The number of amides is 2. The van der Waals surface area contributed by atoms with E-state index < -0.39 is 0 Å². The zero-order valence-corrected chi connectivity index (χ0v) is 21.3. The number of hydrogen-bond donors (Lipinski definition) is 3. The molecule has 2 amide bonds. The first kappa shape index (κ1) is 24.9. The summed E-state index contributed by atoms with van der Waals surface area (Å²) >= 11 is 0.